The van der Waals surface area contributed by atoms with E-state index in [0.717, 1.165) is 17.7 Å². The quantitative estimate of drug-likeness (QED) is 0.658. The van der Waals surface area contributed by atoms with Crippen molar-refractivity contribution in [3.63, 3.8) is 0 Å². The van der Waals surface area contributed by atoms with Gasteiger partial charge in [0.25, 0.3) is 5.69 Å². The maximum Gasteiger partial charge on any atom is 0.307 e. The Hall–Kier alpha value is -1.56. The predicted octanol–water partition coefficient (Wildman–Crippen LogP) is 2.55. The minimum Gasteiger partial charge on any atom is -0.481 e. The van der Waals surface area contributed by atoms with E-state index in [1.165, 1.54) is 23.9 Å². The first-order valence-electron chi connectivity index (χ1n) is 5.22. The van der Waals surface area contributed by atoms with Crippen LogP contribution in [0.5, 0.6) is 0 Å². The molecule has 1 aromatic rings. The van der Waals surface area contributed by atoms with E-state index in [-0.39, 0.29) is 16.9 Å². The molecule has 0 spiro atoms. The van der Waals surface area contributed by atoms with E-state index >= 15 is 0 Å². The molecule has 90 valence electrons. The lowest BCUT2D eigenvalue weighted by Gasteiger charge is -2.32. The van der Waals surface area contributed by atoms with Crippen molar-refractivity contribution in [2.45, 2.75) is 23.0 Å². The number of benzene rings is 1. The zero-order valence-corrected chi connectivity index (χ0v) is 9.72. The van der Waals surface area contributed by atoms with Gasteiger partial charge >= 0.3 is 5.97 Å². The lowest BCUT2D eigenvalue weighted by atomic mass is 9.85. The van der Waals surface area contributed by atoms with E-state index in [9.17, 15) is 14.9 Å². The molecule has 0 bridgehead atoms. The molecule has 1 aliphatic rings. The molecule has 0 saturated heterocycles. The molecule has 0 aliphatic heterocycles. The zero-order valence-electron chi connectivity index (χ0n) is 8.91. The lowest BCUT2D eigenvalue weighted by molar-refractivity contribution is -0.384. The van der Waals surface area contributed by atoms with Crippen molar-refractivity contribution >= 4 is 23.4 Å². The molecule has 2 unspecified atom stereocenters. The maximum atomic E-state index is 10.8. The highest BCUT2D eigenvalue weighted by Gasteiger charge is 2.37. The van der Waals surface area contributed by atoms with Crippen LogP contribution in [0.2, 0.25) is 0 Å². The van der Waals surface area contributed by atoms with Gasteiger partial charge in [-0.3, -0.25) is 14.9 Å². The molecule has 1 aliphatic carbocycles. The van der Waals surface area contributed by atoms with Gasteiger partial charge in [0, 0.05) is 22.3 Å². The second-order valence-corrected chi connectivity index (χ2v) is 5.24. The molecule has 1 fully saturated rings. The number of rotatable bonds is 4. The number of nitrogens with zero attached hydrogens (tertiary/aromatic N) is 1. The Kier molecular flexibility index (Phi) is 3.33. The highest BCUT2D eigenvalue weighted by atomic mass is 32.2. The smallest absolute Gasteiger partial charge is 0.307 e. The average molecular weight is 253 g/mol. The van der Waals surface area contributed by atoms with Crippen molar-refractivity contribution in [3.8, 4) is 0 Å². The van der Waals surface area contributed by atoms with Gasteiger partial charge in [0.1, 0.15) is 0 Å². The second-order valence-electron chi connectivity index (χ2n) is 3.93. The molecule has 0 radical (unpaired) electrons. The largest absolute Gasteiger partial charge is 0.481 e. The number of non-ortho nitro benzene ring substituents is 1. The Morgan fingerprint density at radius 2 is 2.00 bits per heavy atom. The van der Waals surface area contributed by atoms with Gasteiger partial charge in [0.15, 0.2) is 0 Å². The summed E-state index contributed by atoms with van der Waals surface area (Å²) in [5, 5.41) is 19.5. The van der Waals surface area contributed by atoms with Crippen molar-refractivity contribution in [2.24, 2.45) is 5.92 Å². The van der Waals surface area contributed by atoms with E-state index in [0.29, 0.717) is 0 Å². The van der Waals surface area contributed by atoms with E-state index in [4.69, 9.17) is 5.11 Å². The van der Waals surface area contributed by atoms with Crippen LogP contribution in [-0.4, -0.2) is 21.2 Å². The van der Waals surface area contributed by atoms with Crippen LogP contribution in [0.25, 0.3) is 0 Å². The molecule has 2 atom stereocenters. The molecule has 0 aromatic heterocycles. The monoisotopic (exact) mass is 253 g/mol. The number of hydrogen-bond acceptors (Lipinski definition) is 4. The third-order valence-corrected chi connectivity index (χ3v) is 4.27. The van der Waals surface area contributed by atoms with E-state index < -0.39 is 10.9 Å². The van der Waals surface area contributed by atoms with Gasteiger partial charge in [0.2, 0.25) is 0 Å². The molecule has 17 heavy (non-hydrogen) atoms. The first kappa shape index (κ1) is 11.9. The number of hydrogen-bond donors (Lipinski definition) is 1. The normalized spacial score (nSPS) is 22.8. The molecule has 2 rings (SSSR count). The van der Waals surface area contributed by atoms with Gasteiger partial charge < -0.3 is 5.11 Å². The summed E-state index contributed by atoms with van der Waals surface area (Å²) in [7, 11) is 0. The summed E-state index contributed by atoms with van der Waals surface area (Å²) in [4.78, 5) is 21.7. The van der Waals surface area contributed by atoms with E-state index in [1.54, 1.807) is 12.1 Å². The second kappa shape index (κ2) is 4.75. The molecule has 5 nitrogen and oxygen atoms in total. The summed E-state index contributed by atoms with van der Waals surface area (Å²) >= 11 is 1.48. The predicted molar refractivity (Wildman–Crippen MR) is 63.1 cm³/mol. The SMILES string of the molecule is O=C(O)C1CCC1Sc1ccc([N+](=O)[O-])cc1. The summed E-state index contributed by atoms with van der Waals surface area (Å²) in [5.41, 5.74) is 0.0535. The van der Waals surface area contributed by atoms with E-state index in [1.807, 2.05) is 0 Å². The van der Waals surface area contributed by atoms with Crippen LogP contribution in [0.4, 0.5) is 5.69 Å². The van der Waals surface area contributed by atoms with Gasteiger partial charge in [-0.1, -0.05) is 0 Å². The molecule has 0 amide bonds. The third kappa shape index (κ3) is 2.58. The Labute approximate surface area is 102 Å². The molecule has 1 saturated carbocycles. The first-order valence-corrected chi connectivity index (χ1v) is 6.10. The number of aliphatic carboxylic acids is 1. The number of nitro groups is 1. The van der Waals surface area contributed by atoms with Crippen molar-refractivity contribution in [2.75, 3.05) is 0 Å². The Balaban J connectivity index is 2.00. The number of carbonyl (C=O) groups is 1. The maximum absolute atomic E-state index is 10.8. The molecule has 0 heterocycles. The van der Waals surface area contributed by atoms with Crippen molar-refractivity contribution in [3.05, 3.63) is 34.4 Å². The highest BCUT2D eigenvalue weighted by Crippen LogP contribution is 2.41. The van der Waals surface area contributed by atoms with E-state index in [2.05, 4.69) is 0 Å². The van der Waals surface area contributed by atoms with Crippen molar-refractivity contribution < 1.29 is 14.8 Å². The lowest BCUT2D eigenvalue weighted by Crippen LogP contribution is -2.35. The average Bonchev–Trinajstić information content (AvgIpc) is 2.24. The topological polar surface area (TPSA) is 80.4 Å². The fourth-order valence-corrected chi connectivity index (χ4v) is 3.03. The van der Waals surface area contributed by atoms with Gasteiger partial charge in [-0.2, -0.15) is 0 Å². The van der Waals surface area contributed by atoms with Crippen LogP contribution >= 0.6 is 11.8 Å². The summed E-state index contributed by atoms with van der Waals surface area (Å²) in [6.07, 6.45) is 1.61. The van der Waals surface area contributed by atoms with Gasteiger partial charge in [-0.05, 0) is 25.0 Å². The Bertz CT molecular complexity index is 445. The van der Waals surface area contributed by atoms with Crippen LogP contribution in [0.3, 0.4) is 0 Å². The van der Waals surface area contributed by atoms with Gasteiger partial charge in [-0.25, -0.2) is 0 Å². The molecular formula is C11H11NO4S. The van der Waals surface area contributed by atoms with Crippen molar-refractivity contribution in [1.29, 1.82) is 0 Å². The third-order valence-electron chi connectivity index (χ3n) is 2.86. The number of thioether (sulfide) groups is 1. The standard InChI is InChI=1S/C11H11NO4S/c13-11(14)9-5-6-10(9)17-8-3-1-7(2-4-8)12(15)16/h1-4,9-10H,5-6H2,(H,13,14). The van der Waals surface area contributed by atoms with Gasteiger partial charge in [0.05, 0.1) is 10.8 Å². The van der Waals surface area contributed by atoms with Crippen LogP contribution in [0.1, 0.15) is 12.8 Å². The molecule has 1 N–H and O–H groups in total. The minimum atomic E-state index is -0.754. The Morgan fingerprint density at radius 3 is 2.41 bits per heavy atom. The Morgan fingerprint density at radius 1 is 1.35 bits per heavy atom. The minimum absolute atomic E-state index is 0.0535. The molecular weight excluding hydrogens is 242 g/mol. The summed E-state index contributed by atoms with van der Waals surface area (Å²) in [5.74, 6) is -1.04. The number of carboxylic acids is 1. The highest BCUT2D eigenvalue weighted by molar-refractivity contribution is 8.00. The van der Waals surface area contributed by atoms with Crippen LogP contribution < -0.4 is 0 Å². The van der Waals surface area contributed by atoms with Crippen LogP contribution in [0, 0.1) is 16.0 Å². The summed E-state index contributed by atoms with van der Waals surface area (Å²) < 4.78 is 0. The van der Waals surface area contributed by atoms with Crippen LogP contribution in [-0.2, 0) is 4.79 Å². The number of nitro benzene ring substituents is 1. The fourth-order valence-electron chi connectivity index (χ4n) is 1.71. The molecule has 1 aromatic carbocycles. The molecule has 6 heteroatoms. The first-order chi connectivity index (χ1) is 8.08. The zero-order chi connectivity index (χ0) is 12.4. The van der Waals surface area contributed by atoms with Crippen molar-refractivity contribution in [1.82, 2.24) is 0 Å². The van der Waals surface area contributed by atoms with Gasteiger partial charge in [-0.15, -0.1) is 11.8 Å². The fraction of sp³-hybridized carbons (Fsp3) is 0.364. The summed E-state index contributed by atoms with van der Waals surface area (Å²) in [6.45, 7) is 0. The summed E-state index contributed by atoms with van der Waals surface area (Å²) in [6, 6.07) is 6.22. The number of carboxylic acid groups (broad SMARTS) is 1. The van der Waals surface area contributed by atoms with Crippen LogP contribution in [0.15, 0.2) is 29.2 Å².